The van der Waals surface area contributed by atoms with Crippen molar-refractivity contribution >= 4 is 34.2 Å². The van der Waals surface area contributed by atoms with E-state index in [-0.39, 0.29) is 17.9 Å². The molecule has 7 heteroatoms. The zero-order valence-corrected chi connectivity index (χ0v) is 21.6. The Morgan fingerprint density at radius 2 is 1.61 bits per heavy atom. The zero-order chi connectivity index (χ0) is 24.7. The van der Waals surface area contributed by atoms with E-state index in [2.05, 4.69) is 38.9 Å². The Labute approximate surface area is 221 Å². The number of benzene rings is 3. The quantitative estimate of drug-likeness (QED) is 0.307. The number of hydrogen-bond donors (Lipinski definition) is 1. The number of carbonyl (C=O) groups is 1. The molecule has 1 saturated heterocycles. The van der Waals surface area contributed by atoms with Gasteiger partial charge in [-0.1, -0.05) is 84.4 Å². The van der Waals surface area contributed by atoms with Crippen LogP contribution in [0.4, 0.5) is 5.13 Å². The predicted octanol–water partition coefficient (Wildman–Crippen LogP) is 6.10. The van der Waals surface area contributed by atoms with Crippen LogP contribution in [0.15, 0.2) is 84.9 Å². The van der Waals surface area contributed by atoms with Crippen molar-refractivity contribution in [2.24, 2.45) is 5.92 Å². The van der Waals surface area contributed by atoms with Gasteiger partial charge in [0, 0.05) is 42.0 Å². The molecule has 4 aromatic rings. The van der Waals surface area contributed by atoms with Gasteiger partial charge in [0.25, 0.3) is 0 Å². The number of carbonyl (C=O) groups excluding carboxylic acids is 1. The van der Waals surface area contributed by atoms with Crippen LogP contribution in [-0.2, 0) is 17.6 Å². The molecule has 36 heavy (non-hydrogen) atoms. The third kappa shape index (κ3) is 6.31. The molecule has 184 valence electrons. The van der Waals surface area contributed by atoms with Gasteiger partial charge < -0.3 is 10.2 Å². The number of hydrogen-bond acceptors (Lipinski definition) is 5. The maximum Gasteiger partial charge on any atom is 0.223 e. The van der Waals surface area contributed by atoms with E-state index in [0.29, 0.717) is 6.42 Å². The average molecular weight is 517 g/mol. The van der Waals surface area contributed by atoms with Crippen LogP contribution in [-0.4, -0.2) is 28.4 Å². The molecule has 0 spiro atoms. The molecule has 1 aliphatic heterocycles. The summed E-state index contributed by atoms with van der Waals surface area (Å²) >= 11 is 7.42. The lowest BCUT2D eigenvalue weighted by Crippen LogP contribution is -2.42. The second-order valence-electron chi connectivity index (χ2n) is 9.22. The molecule has 1 amide bonds. The van der Waals surface area contributed by atoms with Crippen LogP contribution in [0.1, 0.15) is 41.4 Å². The molecule has 5 nitrogen and oxygen atoms in total. The summed E-state index contributed by atoms with van der Waals surface area (Å²) in [6.07, 6.45) is 3.08. The number of anilines is 1. The molecular formula is C29H29ClN4OS. The van der Waals surface area contributed by atoms with Crippen molar-refractivity contribution in [1.82, 2.24) is 14.7 Å². The fraction of sp³-hybridized carbons (Fsp3) is 0.276. The molecule has 1 fully saturated rings. The van der Waals surface area contributed by atoms with Gasteiger partial charge in [0.2, 0.25) is 11.0 Å². The third-order valence-corrected chi connectivity index (χ3v) is 7.74. The van der Waals surface area contributed by atoms with Crippen LogP contribution in [0.3, 0.4) is 0 Å². The number of amides is 1. The minimum atomic E-state index is -0.0438. The molecule has 1 aromatic heterocycles. The van der Waals surface area contributed by atoms with Gasteiger partial charge >= 0.3 is 0 Å². The molecule has 0 bridgehead atoms. The van der Waals surface area contributed by atoms with Crippen LogP contribution in [0.2, 0.25) is 5.02 Å². The number of halogens is 1. The van der Waals surface area contributed by atoms with Gasteiger partial charge in [0.05, 0.1) is 6.04 Å². The first-order valence-corrected chi connectivity index (χ1v) is 13.5. The van der Waals surface area contributed by atoms with Crippen molar-refractivity contribution < 1.29 is 4.79 Å². The van der Waals surface area contributed by atoms with Crippen molar-refractivity contribution in [2.45, 2.75) is 31.7 Å². The van der Waals surface area contributed by atoms with Crippen molar-refractivity contribution in [3.05, 3.63) is 112 Å². The monoisotopic (exact) mass is 516 g/mol. The maximum atomic E-state index is 13.3. The molecule has 1 unspecified atom stereocenters. The molecule has 0 radical (unpaired) electrons. The second-order valence-corrected chi connectivity index (χ2v) is 10.4. The summed E-state index contributed by atoms with van der Waals surface area (Å²) in [6.45, 7) is 1.62. The van der Waals surface area contributed by atoms with Crippen molar-refractivity contribution in [3.63, 3.8) is 0 Å². The normalized spacial score (nSPS) is 15.0. The van der Waals surface area contributed by atoms with Gasteiger partial charge in [-0.25, -0.2) is 4.98 Å². The smallest absolute Gasteiger partial charge is 0.223 e. The zero-order valence-electron chi connectivity index (χ0n) is 20.0. The Morgan fingerprint density at radius 1 is 0.944 bits per heavy atom. The lowest BCUT2D eigenvalue weighted by atomic mass is 9.94. The first-order chi connectivity index (χ1) is 17.6. The number of aromatic nitrogens is 2. The maximum absolute atomic E-state index is 13.3. The van der Waals surface area contributed by atoms with Gasteiger partial charge in [0.15, 0.2) is 0 Å². The summed E-state index contributed by atoms with van der Waals surface area (Å²) in [5, 5.41) is 5.01. The molecule has 0 aliphatic carbocycles. The second kappa shape index (κ2) is 11.7. The number of rotatable bonds is 8. The van der Waals surface area contributed by atoms with Gasteiger partial charge in [-0.3, -0.25) is 4.79 Å². The molecular weight excluding hydrogens is 488 g/mol. The van der Waals surface area contributed by atoms with E-state index in [1.807, 2.05) is 60.7 Å². The highest BCUT2D eigenvalue weighted by Crippen LogP contribution is 2.27. The lowest BCUT2D eigenvalue weighted by Gasteiger charge is -2.32. The van der Waals surface area contributed by atoms with E-state index in [1.54, 1.807) is 0 Å². The first-order valence-electron chi connectivity index (χ1n) is 12.4. The number of nitrogens with zero attached hydrogens (tertiary/aromatic N) is 3. The van der Waals surface area contributed by atoms with Crippen LogP contribution >= 0.6 is 23.1 Å². The standard InChI is InChI=1S/C29H29ClN4OS/c30-25-13-11-22(12-14-25)20-27-32-29(36-33-27)34-17-15-24(16-18-34)28(35)31-26(23-9-5-2-6-10-23)19-21-7-3-1-4-8-21/h1-14,24,26H,15-20H2,(H,31,35). The summed E-state index contributed by atoms with van der Waals surface area (Å²) in [5.74, 6) is 0.966. The minimum Gasteiger partial charge on any atom is -0.349 e. The van der Waals surface area contributed by atoms with Gasteiger partial charge in [-0.05, 0) is 48.1 Å². The summed E-state index contributed by atoms with van der Waals surface area (Å²) in [4.78, 5) is 20.3. The van der Waals surface area contributed by atoms with E-state index in [1.165, 1.54) is 17.1 Å². The van der Waals surface area contributed by atoms with Gasteiger partial charge in [-0.15, -0.1) is 0 Å². The molecule has 1 atom stereocenters. The van der Waals surface area contributed by atoms with E-state index >= 15 is 0 Å². The Bertz CT molecular complexity index is 1260. The van der Waals surface area contributed by atoms with E-state index in [4.69, 9.17) is 16.6 Å². The summed E-state index contributed by atoms with van der Waals surface area (Å²) < 4.78 is 4.55. The summed E-state index contributed by atoms with van der Waals surface area (Å²) in [5.41, 5.74) is 3.49. The van der Waals surface area contributed by atoms with Gasteiger partial charge in [0.1, 0.15) is 5.82 Å². The van der Waals surface area contributed by atoms with Crippen LogP contribution in [0.25, 0.3) is 0 Å². The Hall–Kier alpha value is -3.22. The first kappa shape index (κ1) is 24.5. The van der Waals surface area contributed by atoms with Crippen molar-refractivity contribution in [3.8, 4) is 0 Å². The summed E-state index contributed by atoms with van der Waals surface area (Å²) in [7, 11) is 0. The fourth-order valence-corrected chi connectivity index (χ4v) is 5.50. The van der Waals surface area contributed by atoms with E-state index in [0.717, 1.165) is 59.5 Å². The highest BCUT2D eigenvalue weighted by molar-refractivity contribution is 7.09. The minimum absolute atomic E-state index is 0.00435. The SMILES string of the molecule is O=C(NC(Cc1ccccc1)c1ccccc1)C1CCN(c2nc(Cc3ccc(Cl)cc3)ns2)CC1. The van der Waals surface area contributed by atoms with Crippen LogP contribution in [0, 0.1) is 5.92 Å². The molecule has 1 aliphatic rings. The summed E-state index contributed by atoms with van der Waals surface area (Å²) in [6, 6.07) is 28.3. The van der Waals surface area contributed by atoms with Crippen molar-refractivity contribution in [2.75, 3.05) is 18.0 Å². The number of piperidine rings is 1. The molecule has 2 heterocycles. The Balaban J connectivity index is 1.18. The van der Waals surface area contributed by atoms with Crippen LogP contribution in [0.5, 0.6) is 0 Å². The van der Waals surface area contributed by atoms with E-state index in [9.17, 15) is 4.79 Å². The fourth-order valence-electron chi connectivity index (χ4n) is 4.64. The molecule has 5 rings (SSSR count). The molecule has 0 saturated carbocycles. The predicted molar refractivity (Wildman–Crippen MR) is 147 cm³/mol. The van der Waals surface area contributed by atoms with E-state index < -0.39 is 0 Å². The largest absolute Gasteiger partial charge is 0.349 e. The van der Waals surface area contributed by atoms with Gasteiger partial charge in [-0.2, -0.15) is 4.37 Å². The Morgan fingerprint density at radius 3 is 2.31 bits per heavy atom. The number of nitrogens with one attached hydrogen (secondary N) is 1. The molecule has 3 aromatic carbocycles. The third-order valence-electron chi connectivity index (χ3n) is 6.67. The Kier molecular flexibility index (Phi) is 7.94. The average Bonchev–Trinajstić information content (AvgIpc) is 3.39. The highest BCUT2D eigenvalue weighted by Gasteiger charge is 2.28. The molecule has 1 N–H and O–H groups in total. The highest BCUT2D eigenvalue weighted by atomic mass is 35.5. The van der Waals surface area contributed by atoms with Crippen molar-refractivity contribution in [1.29, 1.82) is 0 Å². The lowest BCUT2D eigenvalue weighted by molar-refractivity contribution is -0.126. The topological polar surface area (TPSA) is 58.1 Å². The van der Waals surface area contributed by atoms with Crippen LogP contribution < -0.4 is 10.2 Å².